The minimum atomic E-state index is 0.839. The molecule has 0 saturated heterocycles. The van der Waals surface area contributed by atoms with Crippen molar-refractivity contribution >= 4 is 11.8 Å². The van der Waals surface area contributed by atoms with E-state index in [-0.39, 0.29) is 0 Å². The summed E-state index contributed by atoms with van der Waals surface area (Å²) in [5, 5.41) is 3.15. The first-order chi connectivity index (χ1) is 7.45. The number of hydrogen-bond acceptors (Lipinski definition) is 1. The van der Waals surface area contributed by atoms with Crippen LogP contribution in [0.2, 0.25) is 0 Å². The highest BCUT2D eigenvalue weighted by Gasteiger charge is 2.31. The molecule has 1 unspecified atom stereocenters. The van der Waals surface area contributed by atoms with E-state index >= 15 is 0 Å². The highest BCUT2D eigenvalue weighted by atomic mass is 32.2. The summed E-state index contributed by atoms with van der Waals surface area (Å²) in [7, 11) is 0. The lowest BCUT2D eigenvalue weighted by Crippen LogP contribution is -2.16. The molecule has 0 aromatic carbocycles. The molecule has 0 amide bonds. The minimum Gasteiger partial charge on any atom is -0.126 e. The summed E-state index contributed by atoms with van der Waals surface area (Å²) in [4.78, 5) is 0. The molecule has 1 atom stereocenters. The number of rotatable bonds is 2. The summed E-state index contributed by atoms with van der Waals surface area (Å²) in [6.07, 6.45) is 13.9. The number of allylic oxidation sites excluding steroid dienone is 2. The summed E-state index contributed by atoms with van der Waals surface area (Å²) in [5.74, 6) is 0.966. The smallest absolute Gasteiger partial charge is 0.0337 e. The fraction of sp³-hybridized carbons (Fsp3) is 0.714. The van der Waals surface area contributed by atoms with E-state index in [1.807, 2.05) is 11.1 Å². The molecule has 0 aromatic rings. The topological polar surface area (TPSA) is 0 Å². The second kappa shape index (κ2) is 4.37. The first kappa shape index (κ1) is 10.0. The van der Waals surface area contributed by atoms with Crippen LogP contribution in [0.25, 0.3) is 0 Å². The Balaban J connectivity index is 1.76. The van der Waals surface area contributed by atoms with Gasteiger partial charge in [-0.15, -0.1) is 11.8 Å². The van der Waals surface area contributed by atoms with Crippen LogP contribution in [0.5, 0.6) is 0 Å². The lowest BCUT2D eigenvalue weighted by Gasteiger charge is -2.28. The van der Waals surface area contributed by atoms with Crippen molar-refractivity contribution < 1.29 is 0 Å². The van der Waals surface area contributed by atoms with Crippen LogP contribution in [0.15, 0.2) is 22.6 Å². The first-order valence-electron chi connectivity index (χ1n) is 6.47. The molecule has 3 rings (SSSR count). The van der Waals surface area contributed by atoms with Gasteiger partial charge in [0.05, 0.1) is 0 Å². The lowest BCUT2D eigenvalue weighted by molar-refractivity contribution is 0.396. The zero-order valence-corrected chi connectivity index (χ0v) is 10.2. The fourth-order valence-corrected chi connectivity index (χ4v) is 4.27. The van der Waals surface area contributed by atoms with Crippen LogP contribution in [-0.2, 0) is 0 Å². The van der Waals surface area contributed by atoms with E-state index in [9.17, 15) is 0 Å². The standard InChI is InChI=1S/C14H20S/c1-2-5-11(6-3-1)14(12-8-9-12)13-7-4-10-15-13/h4,10-11,13H,1-3,5-9H2. The van der Waals surface area contributed by atoms with E-state index in [2.05, 4.69) is 23.2 Å². The van der Waals surface area contributed by atoms with Gasteiger partial charge in [-0.25, -0.2) is 0 Å². The Morgan fingerprint density at radius 1 is 1.13 bits per heavy atom. The molecule has 0 bridgehead atoms. The van der Waals surface area contributed by atoms with Gasteiger partial charge >= 0.3 is 0 Å². The van der Waals surface area contributed by atoms with E-state index in [1.165, 1.54) is 51.4 Å². The van der Waals surface area contributed by atoms with Crippen LogP contribution in [0.3, 0.4) is 0 Å². The zero-order chi connectivity index (χ0) is 10.1. The maximum absolute atomic E-state index is 2.36. The second-order valence-electron chi connectivity index (χ2n) is 5.13. The zero-order valence-electron chi connectivity index (χ0n) is 9.37. The monoisotopic (exact) mass is 220 g/mol. The van der Waals surface area contributed by atoms with Gasteiger partial charge in [0.25, 0.3) is 0 Å². The van der Waals surface area contributed by atoms with E-state index in [1.54, 1.807) is 0 Å². The van der Waals surface area contributed by atoms with Crippen LogP contribution in [-0.4, -0.2) is 5.25 Å². The van der Waals surface area contributed by atoms with Crippen molar-refractivity contribution in [2.24, 2.45) is 5.92 Å². The Labute approximate surface area is 97.2 Å². The number of thioether (sulfide) groups is 1. The molecule has 2 fully saturated rings. The highest BCUT2D eigenvalue weighted by molar-refractivity contribution is 8.03. The van der Waals surface area contributed by atoms with Crippen LogP contribution in [0.4, 0.5) is 0 Å². The average Bonchev–Trinajstić information content (AvgIpc) is 2.96. The predicted molar refractivity (Wildman–Crippen MR) is 68.0 cm³/mol. The Bertz CT molecular complexity index is 280. The van der Waals surface area contributed by atoms with Crippen molar-refractivity contribution in [3.8, 4) is 0 Å². The molecule has 2 aliphatic carbocycles. The molecule has 0 spiro atoms. The highest BCUT2D eigenvalue weighted by Crippen LogP contribution is 2.46. The molecular formula is C14H20S. The molecule has 3 aliphatic rings. The van der Waals surface area contributed by atoms with E-state index < -0.39 is 0 Å². The van der Waals surface area contributed by atoms with Gasteiger partial charge in [0.15, 0.2) is 0 Å². The SMILES string of the molecule is C1=CSC(C(=C2CC2)C2CCCCC2)C1. The summed E-state index contributed by atoms with van der Waals surface area (Å²) in [6.45, 7) is 0. The average molecular weight is 220 g/mol. The maximum atomic E-state index is 2.36. The fourth-order valence-electron chi connectivity index (χ4n) is 3.13. The van der Waals surface area contributed by atoms with Gasteiger partial charge in [-0.3, -0.25) is 0 Å². The minimum absolute atomic E-state index is 0.839. The molecule has 2 saturated carbocycles. The molecule has 0 N–H and O–H groups in total. The van der Waals surface area contributed by atoms with Crippen LogP contribution >= 0.6 is 11.8 Å². The quantitative estimate of drug-likeness (QED) is 0.609. The molecular weight excluding hydrogens is 200 g/mol. The van der Waals surface area contributed by atoms with Crippen molar-refractivity contribution in [2.75, 3.05) is 0 Å². The molecule has 0 nitrogen and oxygen atoms in total. The van der Waals surface area contributed by atoms with Gasteiger partial charge in [0.1, 0.15) is 0 Å². The third-order valence-electron chi connectivity index (χ3n) is 3.99. The van der Waals surface area contributed by atoms with E-state index in [4.69, 9.17) is 0 Å². The summed E-state index contributed by atoms with van der Waals surface area (Å²) in [6, 6.07) is 0. The summed E-state index contributed by atoms with van der Waals surface area (Å²) in [5.41, 5.74) is 3.73. The molecule has 0 radical (unpaired) electrons. The van der Waals surface area contributed by atoms with Crippen molar-refractivity contribution in [2.45, 2.75) is 56.6 Å². The third-order valence-corrected chi connectivity index (χ3v) is 5.11. The molecule has 0 aromatic heterocycles. The third kappa shape index (κ3) is 2.18. The largest absolute Gasteiger partial charge is 0.126 e. The number of hydrogen-bond donors (Lipinski definition) is 0. The van der Waals surface area contributed by atoms with E-state index in [0.717, 1.165) is 11.2 Å². The van der Waals surface area contributed by atoms with Crippen molar-refractivity contribution in [3.63, 3.8) is 0 Å². The Morgan fingerprint density at radius 3 is 2.53 bits per heavy atom. The summed E-state index contributed by atoms with van der Waals surface area (Å²) >= 11 is 2.07. The molecule has 1 heterocycles. The Kier molecular flexibility index (Phi) is 2.92. The van der Waals surface area contributed by atoms with Gasteiger partial charge < -0.3 is 0 Å². The molecule has 1 heteroatoms. The summed E-state index contributed by atoms with van der Waals surface area (Å²) < 4.78 is 0. The molecule has 82 valence electrons. The lowest BCUT2D eigenvalue weighted by atomic mass is 9.81. The first-order valence-corrected chi connectivity index (χ1v) is 7.41. The normalized spacial score (nSPS) is 30.9. The maximum Gasteiger partial charge on any atom is 0.0337 e. The van der Waals surface area contributed by atoms with E-state index in [0.29, 0.717) is 0 Å². The molecule has 1 aliphatic heterocycles. The van der Waals surface area contributed by atoms with Gasteiger partial charge in [-0.05, 0) is 43.4 Å². The van der Waals surface area contributed by atoms with Gasteiger partial charge in [-0.1, -0.05) is 36.5 Å². The van der Waals surface area contributed by atoms with Gasteiger partial charge in [0.2, 0.25) is 0 Å². The van der Waals surface area contributed by atoms with Crippen molar-refractivity contribution in [1.29, 1.82) is 0 Å². The Morgan fingerprint density at radius 2 is 1.93 bits per heavy atom. The Hall–Kier alpha value is -0.170. The van der Waals surface area contributed by atoms with Crippen molar-refractivity contribution in [1.82, 2.24) is 0 Å². The van der Waals surface area contributed by atoms with Crippen LogP contribution < -0.4 is 0 Å². The van der Waals surface area contributed by atoms with Crippen molar-refractivity contribution in [3.05, 3.63) is 22.6 Å². The van der Waals surface area contributed by atoms with Crippen LogP contribution in [0.1, 0.15) is 51.4 Å². The van der Waals surface area contributed by atoms with Crippen LogP contribution in [0, 0.1) is 5.92 Å². The van der Waals surface area contributed by atoms with Gasteiger partial charge in [-0.2, -0.15) is 0 Å². The molecule has 15 heavy (non-hydrogen) atoms. The second-order valence-corrected chi connectivity index (χ2v) is 6.24. The van der Waals surface area contributed by atoms with Gasteiger partial charge in [0, 0.05) is 5.25 Å². The predicted octanol–water partition coefficient (Wildman–Crippen LogP) is 4.68.